The van der Waals surface area contributed by atoms with E-state index in [0.29, 0.717) is 25.0 Å². The number of aromatic nitrogens is 1. The van der Waals surface area contributed by atoms with Gasteiger partial charge in [0.05, 0.1) is 0 Å². The van der Waals surface area contributed by atoms with Crippen molar-refractivity contribution in [1.29, 1.82) is 0 Å². The molecule has 3 N–H and O–H groups in total. The molecule has 1 fully saturated rings. The number of allylic oxidation sites excluding steroid dienone is 1. The van der Waals surface area contributed by atoms with Crippen LogP contribution >= 0.6 is 0 Å². The van der Waals surface area contributed by atoms with Gasteiger partial charge in [0.15, 0.2) is 0 Å². The van der Waals surface area contributed by atoms with E-state index in [1.165, 1.54) is 5.06 Å². The van der Waals surface area contributed by atoms with Crippen LogP contribution in [0.25, 0.3) is 0 Å². The average Bonchev–Trinajstić information content (AvgIpc) is 2.56. The Labute approximate surface area is 155 Å². The van der Waals surface area contributed by atoms with E-state index in [2.05, 4.69) is 15.8 Å². The second-order valence-electron chi connectivity index (χ2n) is 7.92. The van der Waals surface area contributed by atoms with Gasteiger partial charge in [0.1, 0.15) is 11.8 Å². The number of nitrogens with one attached hydrogen (secondary N) is 2. The highest BCUT2D eigenvalue weighted by molar-refractivity contribution is 5.87. The number of nitrogens with zero attached hydrogens (tertiary/aromatic N) is 2. The van der Waals surface area contributed by atoms with E-state index < -0.39 is 17.0 Å². The number of rotatable bonds is 6. The third kappa shape index (κ3) is 5.03. The number of piperidine rings is 1. The normalized spacial score (nSPS) is 20.6. The molecule has 2 rings (SSSR count). The summed E-state index contributed by atoms with van der Waals surface area (Å²) < 4.78 is 5.75. The van der Waals surface area contributed by atoms with Gasteiger partial charge < -0.3 is 15.4 Å². The van der Waals surface area contributed by atoms with E-state index in [1.54, 1.807) is 25.5 Å². The summed E-state index contributed by atoms with van der Waals surface area (Å²) in [5.41, 5.74) is 6.12. The number of carbonyl (C=O) groups excluding carboxylic acids is 1. The minimum absolute atomic E-state index is 0.265. The Balaban J connectivity index is 2.07. The van der Waals surface area contributed by atoms with Crippen molar-refractivity contribution < 1.29 is 14.7 Å². The van der Waals surface area contributed by atoms with Gasteiger partial charge in [-0.3, -0.25) is 4.98 Å². The summed E-state index contributed by atoms with van der Waals surface area (Å²) in [5.74, 6) is -0.406. The molecule has 1 aromatic heterocycles. The number of hydrogen-bond acceptors (Lipinski definition) is 7. The molecule has 1 saturated heterocycles. The zero-order chi connectivity index (χ0) is 19.4. The van der Waals surface area contributed by atoms with Crippen LogP contribution < -0.4 is 10.9 Å². The summed E-state index contributed by atoms with van der Waals surface area (Å²) in [7, 11) is 1.70. The van der Waals surface area contributed by atoms with Crippen LogP contribution in [-0.4, -0.2) is 45.5 Å². The molecule has 0 unspecified atom stereocenters. The molecule has 1 aliphatic rings. The molecular formula is C19H30N4O3. The van der Waals surface area contributed by atoms with Crippen molar-refractivity contribution in [2.45, 2.75) is 64.1 Å². The first-order valence-electron chi connectivity index (χ1n) is 8.88. The summed E-state index contributed by atoms with van der Waals surface area (Å²) in [6, 6.07) is 3.81. The third-order valence-corrected chi connectivity index (χ3v) is 4.65. The number of hydroxylamine groups is 2. The molecule has 2 heterocycles. The lowest BCUT2D eigenvalue weighted by Crippen LogP contribution is -2.60. The largest absolute Gasteiger partial charge is 0.458 e. The highest BCUT2D eigenvalue weighted by Crippen LogP contribution is 2.38. The molecule has 144 valence electrons. The van der Waals surface area contributed by atoms with Crippen LogP contribution in [0.5, 0.6) is 0 Å². The maximum Gasteiger partial charge on any atom is 0.355 e. The van der Waals surface area contributed by atoms with Gasteiger partial charge >= 0.3 is 5.97 Å². The molecule has 0 bridgehead atoms. The average molecular weight is 362 g/mol. The molecule has 1 aliphatic heterocycles. The standard InChI is InChI=1S/C19H30N4O3/c1-18(2)12-15(13-19(3,4)23(18)25)26-17(24)16(22-20-5)7-6-14-8-10-21-11-9-14/h7-11,15,20,22,25H,6,12-13H2,1-5H3/b16-7-. The number of esters is 1. The molecule has 0 saturated carbocycles. The Hall–Kier alpha value is -1.96. The lowest BCUT2D eigenvalue weighted by Gasteiger charge is -2.50. The minimum atomic E-state index is -0.468. The lowest BCUT2D eigenvalue weighted by atomic mass is 9.80. The van der Waals surface area contributed by atoms with Crippen molar-refractivity contribution in [3.8, 4) is 0 Å². The fourth-order valence-corrected chi connectivity index (χ4v) is 3.54. The molecule has 0 amide bonds. The Bertz CT molecular complexity index is 625. The van der Waals surface area contributed by atoms with Crippen LogP contribution in [0.3, 0.4) is 0 Å². The highest BCUT2D eigenvalue weighted by Gasteiger charge is 2.46. The molecule has 0 spiro atoms. The maximum absolute atomic E-state index is 12.6. The van der Waals surface area contributed by atoms with Crippen molar-refractivity contribution in [1.82, 2.24) is 20.9 Å². The molecule has 1 aromatic rings. The van der Waals surface area contributed by atoms with Crippen LogP contribution in [0.4, 0.5) is 0 Å². The zero-order valence-electron chi connectivity index (χ0n) is 16.2. The van der Waals surface area contributed by atoms with Crippen molar-refractivity contribution in [3.05, 3.63) is 41.9 Å². The van der Waals surface area contributed by atoms with Crippen LogP contribution in [0, 0.1) is 0 Å². The number of carbonyl (C=O) groups is 1. The van der Waals surface area contributed by atoms with E-state index in [0.717, 1.165) is 5.56 Å². The third-order valence-electron chi connectivity index (χ3n) is 4.65. The van der Waals surface area contributed by atoms with E-state index in [9.17, 15) is 10.0 Å². The number of pyridine rings is 1. The highest BCUT2D eigenvalue weighted by atomic mass is 16.5. The van der Waals surface area contributed by atoms with E-state index in [1.807, 2.05) is 39.8 Å². The first-order chi connectivity index (χ1) is 12.2. The Morgan fingerprint density at radius 2 is 1.88 bits per heavy atom. The minimum Gasteiger partial charge on any atom is -0.458 e. The summed E-state index contributed by atoms with van der Waals surface area (Å²) in [6.07, 6.45) is 6.70. The van der Waals surface area contributed by atoms with Gasteiger partial charge in [0.2, 0.25) is 0 Å². The van der Waals surface area contributed by atoms with Gasteiger partial charge in [0.25, 0.3) is 0 Å². The molecule has 0 aromatic carbocycles. The van der Waals surface area contributed by atoms with Gasteiger partial charge in [0, 0.05) is 43.4 Å². The van der Waals surface area contributed by atoms with Crippen molar-refractivity contribution in [2.24, 2.45) is 0 Å². The van der Waals surface area contributed by atoms with Gasteiger partial charge in [-0.1, -0.05) is 0 Å². The summed E-state index contributed by atoms with van der Waals surface area (Å²) in [5, 5.41) is 11.7. The van der Waals surface area contributed by atoms with Crippen LogP contribution in [0.2, 0.25) is 0 Å². The second-order valence-corrected chi connectivity index (χ2v) is 7.92. The number of ether oxygens (including phenoxy) is 1. The molecule has 0 atom stereocenters. The van der Waals surface area contributed by atoms with Crippen LogP contribution in [-0.2, 0) is 16.0 Å². The van der Waals surface area contributed by atoms with E-state index in [4.69, 9.17) is 4.74 Å². The van der Waals surface area contributed by atoms with Crippen LogP contribution in [0.1, 0.15) is 46.1 Å². The molecule has 0 aliphatic carbocycles. The van der Waals surface area contributed by atoms with Crippen molar-refractivity contribution in [2.75, 3.05) is 7.05 Å². The smallest absolute Gasteiger partial charge is 0.355 e. The Morgan fingerprint density at radius 1 is 1.31 bits per heavy atom. The topological polar surface area (TPSA) is 86.7 Å². The zero-order valence-corrected chi connectivity index (χ0v) is 16.2. The summed E-state index contributed by atoms with van der Waals surface area (Å²) >= 11 is 0. The molecule has 7 heteroatoms. The first-order valence-corrected chi connectivity index (χ1v) is 8.88. The van der Waals surface area contributed by atoms with Crippen LogP contribution in [0.15, 0.2) is 36.3 Å². The first kappa shape index (κ1) is 20.4. The monoisotopic (exact) mass is 362 g/mol. The number of hydrazine groups is 1. The fraction of sp³-hybridized carbons (Fsp3) is 0.579. The molecule has 7 nitrogen and oxygen atoms in total. The SMILES string of the molecule is CNN/C(=C\Cc1ccncc1)C(=O)OC1CC(C)(C)N(O)C(C)(C)C1. The van der Waals surface area contributed by atoms with Gasteiger partial charge in [-0.2, -0.15) is 5.06 Å². The quantitative estimate of drug-likeness (QED) is 0.406. The van der Waals surface area contributed by atoms with E-state index in [-0.39, 0.29) is 6.10 Å². The maximum atomic E-state index is 12.6. The predicted octanol–water partition coefficient (Wildman–Crippen LogP) is 2.19. The Morgan fingerprint density at radius 3 is 2.42 bits per heavy atom. The van der Waals surface area contributed by atoms with Gasteiger partial charge in [-0.15, -0.1) is 0 Å². The molecule has 26 heavy (non-hydrogen) atoms. The predicted molar refractivity (Wildman–Crippen MR) is 99.1 cm³/mol. The molecular weight excluding hydrogens is 332 g/mol. The van der Waals surface area contributed by atoms with E-state index >= 15 is 0 Å². The number of hydrogen-bond donors (Lipinski definition) is 3. The van der Waals surface area contributed by atoms with Crippen molar-refractivity contribution >= 4 is 5.97 Å². The summed E-state index contributed by atoms with van der Waals surface area (Å²) in [6.45, 7) is 7.78. The van der Waals surface area contributed by atoms with Crippen molar-refractivity contribution in [3.63, 3.8) is 0 Å². The second kappa shape index (κ2) is 8.16. The fourth-order valence-electron chi connectivity index (χ4n) is 3.54. The van der Waals surface area contributed by atoms with Gasteiger partial charge in [-0.05, 0) is 57.9 Å². The molecule has 0 radical (unpaired) electrons. The Kier molecular flexibility index (Phi) is 6.39. The van der Waals surface area contributed by atoms with Gasteiger partial charge in [-0.25, -0.2) is 10.2 Å². The lowest BCUT2D eigenvalue weighted by molar-refractivity contribution is -0.259. The summed E-state index contributed by atoms with van der Waals surface area (Å²) in [4.78, 5) is 16.6.